The summed E-state index contributed by atoms with van der Waals surface area (Å²) in [6, 6.07) is 2.83. The molecule has 0 amide bonds. The number of aromatic nitrogens is 1. The van der Waals surface area contributed by atoms with Crippen molar-refractivity contribution in [3.8, 4) is 0 Å². The van der Waals surface area contributed by atoms with Crippen LogP contribution in [0.1, 0.15) is 17.9 Å². The molecule has 8 heteroatoms. The first-order chi connectivity index (χ1) is 8.30. The van der Waals surface area contributed by atoms with Crippen LogP contribution in [0, 0.1) is 4.91 Å². The van der Waals surface area contributed by atoms with Gasteiger partial charge in [-0.25, -0.2) is 4.98 Å². The van der Waals surface area contributed by atoms with E-state index in [4.69, 9.17) is 0 Å². The second kappa shape index (κ2) is 6.12. The number of halogens is 4. The summed E-state index contributed by atoms with van der Waals surface area (Å²) in [7, 11) is 1.18. The Hall–Kier alpha value is -1.18. The Morgan fingerprint density at radius 3 is 2.61 bits per heavy atom. The lowest BCUT2D eigenvalue weighted by Gasteiger charge is -2.19. The summed E-state index contributed by atoms with van der Waals surface area (Å²) in [5.74, 6) is -1.63. The van der Waals surface area contributed by atoms with E-state index >= 15 is 0 Å². The van der Waals surface area contributed by atoms with Crippen LogP contribution in [-0.2, 0) is 0 Å². The Bertz CT molecular complexity index is 408. The van der Waals surface area contributed by atoms with Gasteiger partial charge in [-0.1, -0.05) is 6.07 Å². The zero-order chi connectivity index (χ0) is 13.8. The summed E-state index contributed by atoms with van der Waals surface area (Å²) in [6.07, 6.45) is -3.40. The molecule has 1 aromatic rings. The lowest BCUT2D eigenvalue weighted by molar-refractivity contribution is -0.580. The van der Waals surface area contributed by atoms with E-state index in [1.807, 2.05) is 0 Å². The van der Waals surface area contributed by atoms with Crippen molar-refractivity contribution in [1.29, 1.82) is 0 Å². The number of nitrogens with zero attached hydrogens (tertiary/aromatic N) is 2. The smallest absolute Gasteiger partial charge is 0.249 e. The Morgan fingerprint density at radius 1 is 1.50 bits per heavy atom. The number of alkyl halides is 3. The first kappa shape index (κ1) is 14.9. The van der Waals surface area contributed by atoms with E-state index in [0.717, 1.165) is 0 Å². The van der Waals surface area contributed by atoms with Gasteiger partial charge in [0.2, 0.25) is 7.05 Å². The molecule has 0 bridgehead atoms. The summed E-state index contributed by atoms with van der Waals surface area (Å²) in [5, 5.41) is 0. The van der Waals surface area contributed by atoms with E-state index in [0.29, 0.717) is 9.47 Å². The molecule has 0 aliphatic heterocycles. The minimum Gasteiger partial charge on any atom is -0.249 e. The quantitative estimate of drug-likeness (QED) is 0.514. The summed E-state index contributed by atoms with van der Waals surface area (Å²) >= 11 is 3.06. The molecule has 0 spiro atoms. The molecule has 100 valence electrons. The molecule has 0 aromatic carbocycles. The minimum absolute atomic E-state index is 0.0553. The molecular formula is C10H12BrF3N3O+. The molecular weight excluding hydrogens is 315 g/mol. The van der Waals surface area contributed by atoms with E-state index in [2.05, 4.69) is 26.3 Å². The van der Waals surface area contributed by atoms with Crippen molar-refractivity contribution in [2.24, 2.45) is 0 Å². The van der Waals surface area contributed by atoms with Crippen molar-refractivity contribution < 1.29 is 18.0 Å². The summed E-state index contributed by atoms with van der Waals surface area (Å²) in [5.41, 5.74) is 2.36. The van der Waals surface area contributed by atoms with Crippen molar-refractivity contribution in [3.05, 3.63) is 33.4 Å². The molecule has 0 aliphatic rings. The van der Waals surface area contributed by atoms with E-state index in [1.165, 1.54) is 25.4 Å². The van der Waals surface area contributed by atoms with Crippen LogP contribution < -0.4 is 5.43 Å². The highest BCUT2D eigenvalue weighted by Crippen LogP contribution is 2.37. The van der Waals surface area contributed by atoms with Gasteiger partial charge in [0.25, 0.3) is 0 Å². The molecule has 0 saturated carbocycles. The fourth-order valence-corrected chi connectivity index (χ4v) is 1.71. The minimum atomic E-state index is -4.36. The highest BCUT2D eigenvalue weighted by Gasteiger charge is 2.40. The van der Waals surface area contributed by atoms with Crippen LogP contribution in [-0.4, -0.2) is 29.6 Å². The van der Waals surface area contributed by atoms with Gasteiger partial charge in [0, 0.05) is 6.20 Å². The molecule has 0 radical (unpaired) electrons. The van der Waals surface area contributed by atoms with E-state index in [-0.39, 0.29) is 18.5 Å². The van der Waals surface area contributed by atoms with Crippen LogP contribution in [0.3, 0.4) is 0 Å². The Kier molecular flexibility index (Phi) is 5.06. The van der Waals surface area contributed by atoms with Crippen molar-refractivity contribution >= 4 is 15.9 Å². The monoisotopic (exact) mass is 326 g/mol. The van der Waals surface area contributed by atoms with Gasteiger partial charge in [0.1, 0.15) is 9.47 Å². The number of hydrogen-bond acceptors (Lipinski definition) is 2. The van der Waals surface area contributed by atoms with Gasteiger partial charge in [-0.3, -0.25) is 0 Å². The standard InChI is InChI=1S/C10H12BrF3N3O/c1-17(18)16-5-4-8(10(12,13)14)7-2-3-9(11)15-6-7/h2-3,6,8H,4-5H2,1H3,(H,16,18)/q+1. The molecule has 1 rings (SSSR count). The van der Waals surface area contributed by atoms with Gasteiger partial charge in [-0.15, -0.1) is 0 Å². The van der Waals surface area contributed by atoms with Gasteiger partial charge in [0.15, 0.2) is 0 Å². The maximum atomic E-state index is 12.9. The summed E-state index contributed by atoms with van der Waals surface area (Å²) in [6.45, 7) is -0.0553. The molecule has 1 aromatic heterocycles. The first-order valence-electron chi connectivity index (χ1n) is 5.13. The topological polar surface area (TPSA) is 45.0 Å². The second-order valence-electron chi connectivity index (χ2n) is 3.70. The van der Waals surface area contributed by atoms with Crippen molar-refractivity contribution in [3.63, 3.8) is 0 Å². The molecule has 1 unspecified atom stereocenters. The predicted molar refractivity (Wildman–Crippen MR) is 62.9 cm³/mol. The van der Waals surface area contributed by atoms with Crippen LogP contribution >= 0.6 is 15.9 Å². The van der Waals surface area contributed by atoms with Gasteiger partial charge in [0.05, 0.1) is 17.4 Å². The Labute approximate surface area is 110 Å². The Balaban J connectivity index is 2.79. The molecule has 0 aliphatic carbocycles. The van der Waals surface area contributed by atoms with E-state index in [1.54, 1.807) is 0 Å². The Morgan fingerprint density at radius 2 is 2.17 bits per heavy atom. The van der Waals surface area contributed by atoms with E-state index < -0.39 is 12.1 Å². The largest absolute Gasteiger partial charge is 0.395 e. The van der Waals surface area contributed by atoms with Crippen LogP contribution in [0.5, 0.6) is 0 Å². The number of nitrogens with one attached hydrogen (secondary N) is 1. The lowest BCUT2D eigenvalue weighted by Crippen LogP contribution is -2.29. The second-order valence-corrected chi connectivity index (χ2v) is 4.52. The number of hydrogen-bond donors (Lipinski definition) is 1. The van der Waals surface area contributed by atoms with Crippen molar-refractivity contribution in [2.45, 2.75) is 18.5 Å². The maximum Gasteiger partial charge on any atom is 0.395 e. The predicted octanol–water partition coefficient (Wildman–Crippen LogP) is 2.79. The highest BCUT2D eigenvalue weighted by molar-refractivity contribution is 9.10. The molecule has 18 heavy (non-hydrogen) atoms. The molecule has 0 saturated heterocycles. The third kappa shape index (κ3) is 4.59. The average Bonchev–Trinajstić information content (AvgIpc) is 2.24. The summed E-state index contributed by atoms with van der Waals surface area (Å²) in [4.78, 5) is 14.7. The fraction of sp³-hybridized carbons (Fsp3) is 0.500. The van der Waals surface area contributed by atoms with Gasteiger partial charge >= 0.3 is 6.18 Å². The molecule has 1 atom stereocenters. The molecule has 1 heterocycles. The van der Waals surface area contributed by atoms with Crippen LogP contribution in [0.4, 0.5) is 13.2 Å². The molecule has 4 nitrogen and oxygen atoms in total. The molecule has 1 N–H and O–H groups in total. The van der Waals surface area contributed by atoms with Crippen molar-refractivity contribution in [2.75, 3.05) is 13.6 Å². The lowest BCUT2D eigenvalue weighted by atomic mass is 9.97. The van der Waals surface area contributed by atoms with Crippen LogP contribution in [0.2, 0.25) is 0 Å². The number of nitroso groups, excluding NO2 is 1. The molecule has 0 fully saturated rings. The maximum absolute atomic E-state index is 12.9. The average molecular weight is 327 g/mol. The third-order valence-corrected chi connectivity index (χ3v) is 2.78. The zero-order valence-electron chi connectivity index (χ0n) is 9.54. The van der Waals surface area contributed by atoms with Gasteiger partial charge in [-0.05, 0) is 34.0 Å². The third-order valence-electron chi connectivity index (χ3n) is 2.32. The zero-order valence-corrected chi connectivity index (χ0v) is 11.1. The summed E-state index contributed by atoms with van der Waals surface area (Å²) < 4.78 is 39.1. The first-order valence-corrected chi connectivity index (χ1v) is 5.92. The fourth-order valence-electron chi connectivity index (χ4n) is 1.48. The normalized spacial score (nSPS) is 13.2. The number of hydrazine groups is 1. The van der Waals surface area contributed by atoms with Gasteiger partial charge in [-0.2, -0.15) is 18.6 Å². The highest BCUT2D eigenvalue weighted by atomic mass is 79.9. The van der Waals surface area contributed by atoms with Gasteiger partial charge < -0.3 is 0 Å². The van der Waals surface area contributed by atoms with Crippen LogP contribution in [0.15, 0.2) is 22.9 Å². The number of pyridine rings is 1. The van der Waals surface area contributed by atoms with Crippen LogP contribution in [0.25, 0.3) is 0 Å². The van der Waals surface area contributed by atoms with E-state index in [9.17, 15) is 18.1 Å². The van der Waals surface area contributed by atoms with Crippen molar-refractivity contribution in [1.82, 2.24) is 10.4 Å². The SMILES string of the molecule is C[N+](=O)NCCC(c1ccc(Br)nc1)C(F)(F)F. The number of rotatable bonds is 5.